The van der Waals surface area contributed by atoms with Crippen molar-refractivity contribution in [2.45, 2.75) is 6.92 Å². The number of fused-ring (bicyclic) bond motifs is 1. The Labute approximate surface area is 197 Å². The minimum Gasteiger partial charge on any atom is -0.497 e. The number of ether oxygens (including phenoxy) is 2. The third kappa shape index (κ3) is 4.30. The molecule has 1 aliphatic rings. The highest BCUT2D eigenvalue weighted by molar-refractivity contribution is 5.98. The SMILES string of the molecule is COC(=O)/C(C#N)=C/c1c(N2CCN(c3ccc(OC)cc3)CC2)nc2c(C)cccn2c1=O. The van der Waals surface area contributed by atoms with Gasteiger partial charge in [0, 0.05) is 38.1 Å². The van der Waals surface area contributed by atoms with Crippen molar-refractivity contribution in [1.82, 2.24) is 9.38 Å². The predicted molar refractivity (Wildman–Crippen MR) is 129 cm³/mol. The number of nitrogens with zero attached hydrogens (tertiary/aromatic N) is 5. The summed E-state index contributed by atoms with van der Waals surface area (Å²) in [5.74, 6) is 0.450. The van der Waals surface area contributed by atoms with E-state index in [0.29, 0.717) is 37.6 Å². The van der Waals surface area contributed by atoms with Crippen LogP contribution in [0.2, 0.25) is 0 Å². The summed E-state index contributed by atoms with van der Waals surface area (Å²) < 4.78 is 11.4. The molecule has 4 rings (SSSR count). The number of anilines is 2. The van der Waals surface area contributed by atoms with Crippen molar-refractivity contribution in [2.75, 3.05) is 50.2 Å². The molecule has 3 heterocycles. The van der Waals surface area contributed by atoms with E-state index in [-0.39, 0.29) is 16.7 Å². The number of aryl methyl sites for hydroxylation is 1. The van der Waals surface area contributed by atoms with Crippen molar-refractivity contribution < 1.29 is 14.3 Å². The number of rotatable bonds is 5. The van der Waals surface area contributed by atoms with Gasteiger partial charge in [-0.25, -0.2) is 9.78 Å². The molecule has 0 spiro atoms. The molecule has 1 saturated heterocycles. The van der Waals surface area contributed by atoms with E-state index < -0.39 is 5.97 Å². The van der Waals surface area contributed by atoms with Crippen molar-refractivity contribution in [1.29, 1.82) is 5.26 Å². The van der Waals surface area contributed by atoms with Crippen LogP contribution in [0.1, 0.15) is 11.1 Å². The fourth-order valence-corrected chi connectivity index (χ4v) is 4.03. The number of methoxy groups -OCH3 is 2. The van der Waals surface area contributed by atoms with E-state index in [1.165, 1.54) is 17.6 Å². The minimum atomic E-state index is -0.800. The largest absolute Gasteiger partial charge is 0.497 e. The van der Waals surface area contributed by atoms with Crippen molar-refractivity contribution in [2.24, 2.45) is 0 Å². The molecule has 0 N–H and O–H groups in total. The topological polar surface area (TPSA) is 100 Å². The van der Waals surface area contributed by atoms with E-state index in [9.17, 15) is 14.9 Å². The van der Waals surface area contributed by atoms with Crippen LogP contribution in [0.25, 0.3) is 11.7 Å². The summed E-state index contributed by atoms with van der Waals surface area (Å²) in [6.45, 7) is 4.54. The van der Waals surface area contributed by atoms with Gasteiger partial charge in [0.15, 0.2) is 0 Å². The summed E-state index contributed by atoms with van der Waals surface area (Å²) in [5, 5.41) is 9.46. The van der Waals surface area contributed by atoms with Crippen molar-refractivity contribution in [3.8, 4) is 11.8 Å². The summed E-state index contributed by atoms with van der Waals surface area (Å²) >= 11 is 0. The lowest BCUT2D eigenvalue weighted by Gasteiger charge is -2.37. The quantitative estimate of drug-likeness (QED) is 0.326. The molecule has 1 fully saturated rings. The molecular weight excluding hydrogens is 434 g/mol. The van der Waals surface area contributed by atoms with Gasteiger partial charge < -0.3 is 19.3 Å². The molecule has 3 aromatic rings. The maximum atomic E-state index is 13.4. The lowest BCUT2D eigenvalue weighted by molar-refractivity contribution is -0.135. The first-order valence-corrected chi connectivity index (χ1v) is 10.8. The van der Waals surface area contributed by atoms with Crippen LogP contribution < -0.4 is 20.1 Å². The monoisotopic (exact) mass is 459 g/mol. The number of benzene rings is 1. The zero-order valence-corrected chi connectivity index (χ0v) is 19.3. The van der Waals surface area contributed by atoms with E-state index in [2.05, 4.69) is 4.90 Å². The molecule has 0 saturated carbocycles. The van der Waals surface area contributed by atoms with Gasteiger partial charge in [-0.3, -0.25) is 9.20 Å². The fourth-order valence-electron chi connectivity index (χ4n) is 4.03. The smallest absolute Gasteiger partial charge is 0.348 e. The molecule has 1 aliphatic heterocycles. The van der Waals surface area contributed by atoms with Crippen LogP contribution in [0.4, 0.5) is 11.5 Å². The molecule has 0 aliphatic carbocycles. The van der Waals surface area contributed by atoms with Crippen molar-refractivity contribution in [3.63, 3.8) is 0 Å². The minimum absolute atomic E-state index is 0.183. The number of carbonyl (C=O) groups is 1. The zero-order valence-electron chi connectivity index (χ0n) is 19.3. The average Bonchev–Trinajstić information content (AvgIpc) is 2.88. The summed E-state index contributed by atoms with van der Waals surface area (Å²) in [4.78, 5) is 34.5. The summed E-state index contributed by atoms with van der Waals surface area (Å²) in [6, 6.07) is 13.4. The van der Waals surface area contributed by atoms with Crippen LogP contribution in [-0.4, -0.2) is 55.8 Å². The van der Waals surface area contributed by atoms with Gasteiger partial charge in [0.1, 0.15) is 28.9 Å². The van der Waals surface area contributed by atoms with Gasteiger partial charge >= 0.3 is 5.97 Å². The van der Waals surface area contributed by atoms with Crippen LogP contribution in [0.3, 0.4) is 0 Å². The van der Waals surface area contributed by atoms with Crippen LogP contribution in [0.15, 0.2) is 53.0 Å². The van der Waals surface area contributed by atoms with E-state index in [1.54, 1.807) is 19.4 Å². The second-order valence-electron chi connectivity index (χ2n) is 7.87. The molecule has 0 atom stereocenters. The van der Waals surface area contributed by atoms with Crippen LogP contribution in [0, 0.1) is 18.3 Å². The Bertz CT molecular complexity index is 1350. The van der Waals surface area contributed by atoms with Crippen LogP contribution in [0.5, 0.6) is 5.75 Å². The highest BCUT2D eigenvalue weighted by Gasteiger charge is 2.24. The normalized spacial score (nSPS) is 14.1. The predicted octanol–water partition coefficient (Wildman–Crippen LogP) is 2.42. The number of piperazine rings is 1. The molecular formula is C25H25N5O4. The van der Waals surface area contributed by atoms with E-state index in [1.807, 2.05) is 48.2 Å². The molecule has 0 unspecified atom stereocenters. The van der Waals surface area contributed by atoms with Gasteiger partial charge in [0.2, 0.25) is 0 Å². The Morgan fingerprint density at radius 1 is 1.09 bits per heavy atom. The maximum Gasteiger partial charge on any atom is 0.348 e. The van der Waals surface area contributed by atoms with Gasteiger partial charge in [0.25, 0.3) is 5.56 Å². The molecule has 9 heteroatoms. The standard InChI is InChI=1S/C25H25N5O4/c1-17-5-4-10-30-22(17)27-23(21(24(30)31)15-18(16-26)25(32)34-3)29-13-11-28(12-14-29)19-6-8-20(33-2)9-7-19/h4-10,15H,11-14H2,1-3H3/b18-15+. The summed E-state index contributed by atoms with van der Waals surface area (Å²) in [7, 11) is 2.83. The Morgan fingerprint density at radius 3 is 2.38 bits per heavy atom. The number of pyridine rings is 1. The third-order valence-corrected chi connectivity index (χ3v) is 5.90. The average molecular weight is 460 g/mol. The molecule has 9 nitrogen and oxygen atoms in total. The number of hydrogen-bond acceptors (Lipinski definition) is 8. The lowest BCUT2D eigenvalue weighted by atomic mass is 10.1. The molecule has 0 bridgehead atoms. The Kier molecular flexibility index (Phi) is 6.50. The van der Waals surface area contributed by atoms with E-state index in [4.69, 9.17) is 14.5 Å². The number of aromatic nitrogens is 2. The van der Waals surface area contributed by atoms with Crippen LogP contribution in [-0.2, 0) is 9.53 Å². The van der Waals surface area contributed by atoms with Gasteiger partial charge in [-0.15, -0.1) is 0 Å². The Hall–Kier alpha value is -4.32. The molecule has 174 valence electrons. The van der Waals surface area contributed by atoms with E-state index >= 15 is 0 Å². The summed E-state index contributed by atoms with van der Waals surface area (Å²) in [5.41, 5.74) is 2.05. The Balaban J connectivity index is 1.73. The third-order valence-electron chi connectivity index (χ3n) is 5.90. The van der Waals surface area contributed by atoms with Gasteiger partial charge in [-0.1, -0.05) is 6.07 Å². The lowest BCUT2D eigenvalue weighted by Crippen LogP contribution is -2.47. The van der Waals surface area contributed by atoms with Gasteiger partial charge in [-0.2, -0.15) is 5.26 Å². The van der Waals surface area contributed by atoms with Crippen molar-refractivity contribution in [3.05, 3.63) is 69.6 Å². The molecule has 34 heavy (non-hydrogen) atoms. The first-order valence-electron chi connectivity index (χ1n) is 10.8. The first kappa shape index (κ1) is 22.9. The van der Waals surface area contributed by atoms with Gasteiger partial charge in [0.05, 0.1) is 19.8 Å². The highest BCUT2D eigenvalue weighted by atomic mass is 16.5. The molecule has 1 aromatic carbocycles. The summed E-state index contributed by atoms with van der Waals surface area (Å²) in [6.07, 6.45) is 2.91. The number of carbonyl (C=O) groups excluding carboxylic acids is 1. The maximum absolute atomic E-state index is 13.4. The second-order valence-corrected chi connectivity index (χ2v) is 7.87. The fraction of sp³-hybridized carbons (Fsp3) is 0.280. The molecule has 2 aromatic heterocycles. The Morgan fingerprint density at radius 2 is 1.76 bits per heavy atom. The molecule has 0 amide bonds. The van der Waals surface area contributed by atoms with Crippen LogP contribution >= 0.6 is 0 Å². The highest BCUT2D eigenvalue weighted by Crippen LogP contribution is 2.25. The number of esters is 1. The number of hydrogen-bond donors (Lipinski definition) is 0. The van der Waals surface area contributed by atoms with E-state index in [0.717, 1.165) is 17.0 Å². The first-order chi connectivity index (χ1) is 16.5. The van der Waals surface area contributed by atoms with Crippen molar-refractivity contribution >= 4 is 29.2 Å². The second kappa shape index (κ2) is 9.67. The van der Waals surface area contributed by atoms with Gasteiger partial charge in [-0.05, 0) is 48.9 Å². The zero-order chi connectivity index (χ0) is 24.2. The molecule has 0 radical (unpaired) electrons. The number of nitriles is 1.